The SMILES string of the molecule is COc1cccc(N(C)C(=O)c2cccc(N)n2)c1. The number of hydrogen-bond donors (Lipinski definition) is 1. The lowest BCUT2D eigenvalue weighted by atomic mass is 10.2. The quantitative estimate of drug-likeness (QED) is 0.912. The molecule has 0 fully saturated rings. The largest absolute Gasteiger partial charge is 0.497 e. The molecule has 19 heavy (non-hydrogen) atoms. The highest BCUT2D eigenvalue weighted by Gasteiger charge is 2.15. The fraction of sp³-hybridized carbons (Fsp3) is 0.143. The van der Waals surface area contributed by atoms with E-state index in [1.54, 1.807) is 38.4 Å². The van der Waals surface area contributed by atoms with Crippen LogP contribution in [0.25, 0.3) is 0 Å². The number of ether oxygens (including phenoxy) is 1. The van der Waals surface area contributed by atoms with E-state index in [0.717, 1.165) is 5.69 Å². The zero-order valence-corrected chi connectivity index (χ0v) is 10.8. The summed E-state index contributed by atoms with van der Waals surface area (Å²) in [6, 6.07) is 12.2. The van der Waals surface area contributed by atoms with Crippen molar-refractivity contribution < 1.29 is 9.53 Å². The minimum Gasteiger partial charge on any atom is -0.497 e. The topological polar surface area (TPSA) is 68.5 Å². The molecule has 0 saturated heterocycles. The van der Waals surface area contributed by atoms with Gasteiger partial charge in [-0.1, -0.05) is 12.1 Å². The van der Waals surface area contributed by atoms with Crippen LogP contribution in [0.4, 0.5) is 11.5 Å². The number of anilines is 2. The van der Waals surface area contributed by atoms with Gasteiger partial charge in [-0.15, -0.1) is 0 Å². The molecule has 0 radical (unpaired) electrons. The summed E-state index contributed by atoms with van der Waals surface area (Å²) in [7, 11) is 3.27. The van der Waals surface area contributed by atoms with E-state index in [9.17, 15) is 4.79 Å². The number of nitrogens with two attached hydrogens (primary N) is 1. The van der Waals surface area contributed by atoms with Crippen molar-refractivity contribution >= 4 is 17.4 Å². The summed E-state index contributed by atoms with van der Waals surface area (Å²) in [6.45, 7) is 0. The summed E-state index contributed by atoms with van der Waals surface area (Å²) >= 11 is 0. The molecule has 2 N–H and O–H groups in total. The van der Waals surface area contributed by atoms with Crippen molar-refractivity contribution in [3.05, 3.63) is 48.2 Å². The van der Waals surface area contributed by atoms with Crippen LogP contribution in [0.5, 0.6) is 5.75 Å². The van der Waals surface area contributed by atoms with Gasteiger partial charge in [-0.05, 0) is 24.3 Å². The molecule has 1 aromatic heterocycles. The molecule has 0 aliphatic heterocycles. The second kappa shape index (κ2) is 5.39. The van der Waals surface area contributed by atoms with Gasteiger partial charge in [0.2, 0.25) is 0 Å². The van der Waals surface area contributed by atoms with Crippen molar-refractivity contribution in [3.8, 4) is 5.75 Å². The van der Waals surface area contributed by atoms with Gasteiger partial charge in [0.05, 0.1) is 7.11 Å². The fourth-order valence-electron chi connectivity index (χ4n) is 1.68. The van der Waals surface area contributed by atoms with Crippen LogP contribution >= 0.6 is 0 Å². The third-order valence-electron chi connectivity index (χ3n) is 2.74. The van der Waals surface area contributed by atoms with Gasteiger partial charge in [-0.25, -0.2) is 4.98 Å². The Balaban J connectivity index is 2.28. The number of rotatable bonds is 3. The first-order valence-electron chi connectivity index (χ1n) is 5.76. The number of aromatic nitrogens is 1. The third-order valence-corrected chi connectivity index (χ3v) is 2.74. The Bertz CT molecular complexity index is 599. The Labute approximate surface area is 111 Å². The first-order chi connectivity index (χ1) is 9.11. The maximum Gasteiger partial charge on any atom is 0.276 e. The predicted molar refractivity (Wildman–Crippen MR) is 74.4 cm³/mol. The summed E-state index contributed by atoms with van der Waals surface area (Å²) in [6.07, 6.45) is 0. The van der Waals surface area contributed by atoms with Crippen molar-refractivity contribution in [1.29, 1.82) is 0 Å². The molecule has 0 atom stereocenters. The molecular formula is C14H15N3O2. The Hall–Kier alpha value is -2.56. The summed E-state index contributed by atoms with van der Waals surface area (Å²) in [5, 5.41) is 0. The number of benzene rings is 1. The molecule has 98 valence electrons. The normalized spacial score (nSPS) is 10.0. The third kappa shape index (κ3) is 2.82. The maximum absolute atomic E-state index is 12.3. The molecule has 2 rings (SSSR count). The first-order valence-corrected chi connectivity index (χ1v) is 5.76. The van der Waals surface area contributed by atoms with E-state index < -0.39 is 0 Å². The Kier molecular flexibility index (Phi) is 3.66. The molecule has 0 spiro atoms. The van der Waals surface area contributed by atoms with E-state index in [-0.39, 0.29) is 5.91 Å². The van der Waals surface area contributed by atoms with Gasteiger partial charge < -0.3 is 15.4 Å². The van der Waals surface area contributed by atoms with Crippen molar-refractivity contribution in [1.82, 2.24) is 4.98 Å². The number of methoxy groups -OCH3 is 1. The van der Waals surface area contributed by atoms with Gasteiger partial charge in [0.1, 0.15) is 17.3 Å². The van der Waals surface area contributed by atoms with E-state index in [1.807, 2.05) is 18.2 Å². The molecule has 0 saturated carbocycles. The first kappa shape index (κ1) is 12.9. The molecule has 5 nitrogen and oxygen atoms in total. The molecule has 0 bridgehead atoms. The Morgan fingerprint density at radius 2 is 2.00 bits per heavy atom. The van der Waals surface area contributed by atoms with Gasteiger partial charge >= 0.3 is 0 Å². The van der Waals surface area contributed by atoms with Gasteiger partial charge in [0.25, 0.3) is 5.91 Å². The van der Waals surface area contributed by atoms with Gasteiger partial charge in [0.15, 0.2) is 0 Å². The van der Waals surface area contributed by atoms with E-state index >= 15 is 0 Å². The van der Waals surface area contributed by atoms with Crippen LogP contribution in [0.2, 0.25) is 0 Å². The fourth-order valence-corrected chi connectivity index (χ4v) is 1.68. The monoisotopic (exact) mass is 257 g/mol. The number of carbonyl (C=O) groups excluding carboxylic acids is 1. The highest BCUT2D eigenvalue weighted by Crippen LogP contribution is 2.21. The molecule has 0 unspecified atom stereocenters. The lowest BCUT2D eigenvalue weighted by Gasteiger charge is -2.17. The van der Waals surface area contributed by atoms with Crippen molar-refractivity contribution in [2.24, 2.45) is 0 Å². The van der Waals surface area contributed by atoms with E-state index in [0.29, 0.717) is 17.3 Å². The predicted octanol–water partition coefficient (Wildman–Crippen LogP) is 1.95. The summed E-state index contributed by atoms with van der Waals surface area (Å²) in [5.41, 5.74) is 6.62. The average Bonchev–Trinajstić information content (AvgIpc) is 2.45. The number of hydrogen-bond acceptors (Lipinski definition) is 4. The molecule has 1 heterocycles. The molecular weight excluding hydrogens is 242 g/mol. The smallest absolute Gasteiger partial charge is 0.276 e. The molecule has 2 aromatic rings. The summed E-state index contributed by atoms with van der Waals surface area (Å²) in [5.74, 6) is 0.795. The number of amides is 1. The standard InChI is InChI=1S/C14H15N3O2/c1-17(10-5-3-6-11(9-10)19-2)14(18)12-7-4-8-13(15)16-12/h3-9H,1-2H3,(H2,15,16). The van der Waals surface area contributed by atoms with Crippen molar-refractivity contribution in [3.63, 3.8) is 0 Å². The molecule has 1 aromatic carbocycles. The minimum atomic E-state index is -0.222. The molecule has 0 aliphatic rings. The molecule has 0 aliphatic carbocycles. The van der Waals surface area contributed by atoms with Gasteiger partial charge in [0, 0.05) is 18.8 Å². The lowest BCUT2D eigenvalue weighted by Crippen LogP contribution is -2.27. The van der Waals surface area contributed by atoms with Crippen LogP contribution in [-0.4, -0.2) is 25.0 Å². The summed E-state index contributed by atoms with van der Waals surface area (Å²) in [4.78, 5) is 17.8. The zero-order chi connectivity index (χ0) is 13.8. The molecule has 5 heteroatoms. The number of pyridine rings is 1. The van der Waals surface area contributed by atoms with Crippen molar-refractivity contribution in [2.75, 3.05) is 24.8 Å². The van der Waals surface area contributed by atoms with E-state index in [1.165, 1.54) is 4.90 Å². The highest BCUT2D eigenvalue weighted by atomic mass is 16.5. The van der Waals surface area contributed by atoms with Gasteiger partial charge in [-0.3, -0.25) is 4.79 Å². The van der Waals surface area contributed by atoms with Crippen molar-refractivity contribution in [2.45, 2.75) is 0 Å². The summed E-state index contributed by atoms with van der Waals surface area (Å²) < 4.78 is 5.14. The highest BCUT2D eigenvalue weighted by molar-refractivity contribution is 6.04. The van der Waals surface area contributed by atoms with Crippen LogP contribution in [0.3, 0.4) is 0 Å². The van der Waals surface area contributed by atoms with Crippen LogP contribution in [0.1, 0.15) is 10.5 Å². The minimum absolute atomic E-state index is 0.222. The maximum atomic E-state index is 12.3. The number of carbonyl (C=O) groups is 1. The Morgan fingerprint density at radius 1 is 1.26 bits per heavy atom. The van der Waals surface area contributed by atoms with E-state index in [4.69, 9.17) is 10.5 Å². The number of nitrogens with zero attached hydrogens (tertiary/aromatic N) is 2. The lowest BCUT2D eigenvalue weighted by molar-refractivity contribution is 0.0988. The number of nitrogen functional groups attached to an aromatic ring is 1. The Morgan fingerprint density at radius 3 is 2.68 bits per heavy atom. The second-order valence-corrected chi connectivity index (χ2v) is 4.01. The van der Waals surface area contributed by atoms with E-state index in [2.05, 4.69) is 4.98 Å². The average molecular weight is 257 g/mol. The van der Waals surface area contributed by atoms with Gasteiger partial charge in [-0.2, -0.15) is 0 Å². The van der Waals surface area contributed by atoms with Crippen LogP contribution in [0.15, 0.2) is 42.5 Å². The second-order valence-electron chi connectivity index (χ2n) is 4.01. The molecule has 1 amide bonds. The zero-order valence-electron chi connectivity index (χ0n) is 10.8. The van der Waals surface area contributed by atoms with Crippen LogP contribution < -0.4 is 15.4 Å². The van der Waals surface area contributed by atoms with Crippen LogP contribution in [0, 0.1) is 0 Å². The van der Waals surface area contributed by atoms with Crippen LogP contribution in [-0.2, 0) is 0 Å².